The first-order valence-electron chi connectivity index (χ1n) is 6.85. The molecule has 0 unspecified atom stereocenters. The first-order valence-corrected chi connectivity index (χ1v) is 6.85. The fourth-order valence-corrected chi connectivity index (χ4v) is 3.46. The minimum absolute atomic E-state index is 0.113. The fraction of sp³-hybridized carbons (Fsp3) is 0.312. The maximum Gasteiger partial charge on any atom is 0.204 e. The molecule has 0 bridgehead atoms. The van der Waals surface area contributed by atoms with Gasteiger partial charge in [-0.1, -0.05) is 18.2 Å². The van der Waals surface area contributed by atoms with Gasteiger partial charge in [0.1, 0.15) is 12.6 Å². The molecule has 4 rings (SSSR count). The number of hydrogen-bond acceptors (Lipinski definition) is 2. The molecule has 1 aromatic heterocycles. The van der Waals surface area contributed by atoms with Gasteiger partial charge >= 0.3 is 0 Å². The van der Waals surface area contributed by atoms with Crippen molar-refractivity contribution in [1.82, 2.24) is 0 Å². The number of nitrogens with one attached hydrogen (secondary N) is 1. The van der Waals surface area contributed by atoms with Crippen LogP contribution in [0, 0.1) is 0 Å². The predicted molar refractivity (Wildman–Crippen MR) is 72.7 cm³/mol. The van der Waals surface area contributed by atoms with Crippen LogP contribution in [0.3, 0.4) is 0 Å². The number of rotatable bonds is 1. The van der Waals surface area contributed by atoms with Gasteiger partial charge in [0.15, 0.2) is 6.20 Å². The van der Waals surface area contributed by atoms with Gasteiger partial charge in [-0.25, -0.2) is 4.57 Å². The Labute approximate surface area is 112 Å². The number of aliphatic hydroxyl groups is 1. The zero-order valence-corrected chi connectivity index (χ0v) is 10.7. The van der Waals surface area contributed by atoms with Gasteiger partial charge < -0.3 is 10.4 Å². The molecule has 1 aromatic carbocycles. The summed E-state index contributed by atoms with van der Waals surface area (Å²) in [5.74, 6) is 0.580. The molecule has 2 aliphatic heterocycles. The minimum atomic E-state index is 0.113. The average Bonchev–Trinajstić information content (AvgIpc) is 2.85. The second kappa shape index (κ2) is 4.07. The van der Waals surface area contributed by atoms with Gasteiger partial charge in [0, 0.05) is 29.7 Å². The zero-order valence-electron chi connectivity index (χ0n) is 10.7. The Morgan fingerprint density at radius 2 is 2.11 bits per heavy atom. The lowest BCUT2D eigenvalue weighted by Gasteiger charge is -2.23. The number of anilines is 1. The molecule has 3 heterocycles. The molecule has 0 saturated heterocycles. The molecular weight excluding hydrogens is 236 g/mol. The highest BCUT2D eigenvalue weighted by atomic mass is 16.3. The quantitative estimate of drug-likeness (QED) is 0.764. The highest BCUT2D eigenvalue weighted by Gasteiger charge is 2.41. The minimum Gasteiger partial charge on any atom is -0.391 e. The van der Waals surface area contributed by atoms with Crippen molar-refractivity contribution in [2.75, 3.05) is 5.32 Å². The van der Waals surface area contributed by atoms with E-state index in [0.717, 1.165) is 18.5 Å². The van der Waals surface area contributed by atoms with Crippen LogP contribution in [-0.4, -0.2) is 5.11 Å². The number of benzene rings is 1. The Bertz CT molecular complexity index is 638. The third-order valence-electron chi connectivity index (χ3n) is 4.38. The van der Waals surface area contributed by atoms with Crippen molar-refractivity contribution >= 4 is 5.69 Å². The first-order chi connectivity index (χ1) is 9.36. The van der Waals surface area contributed by atoms with Crippen LogP contribution in [0.2, 0.25) is 0 Å². The van der Waals surface area contributed by atoms with Crippen LogP contribution < -0.4 is 9.88 Å². The van der Waals surface area contributed by atoms with Crippen LogP contribution in [0.1, 0.15) is 35.2 Å². The molecule has 2 N–H and O–H groups in total. The summed E-state index contributed by atoms with van der Waals surface area (Å²) in [6, 6.07) is 13.2. The predicted octanol–water partition coefficient (Wildman–Crippen LogP) is 2.12. The monoisotopic (exact) mass is 253 g/mol. The highest BCUT2D eigenvalue weighted by Crippen LogP contribution is 2.46. The Morgan fingerprint density at radius 1 is 1.21 bits per heavy atom. The van der Waals surface area contributed by atoms with Crippen molar-refractivity contribution in [3.8, 4) is 0 Å². The lowest BCUT2D eigenvalue weighted by Crippen LogP contribution is -2.45. The molecule has 0 radical (unpaired) electrons. The third kappa shape index (κ3) is 1.58. The number of nitrogens with zero attached hydrogens (tertiary/aromatic N) is 1. The molecular formula is C16H17N2O+. The van der Waals surface area contributed by atoms with Crippen LogP contribution in [0.15, 0.2) is 42.6 Å². The topological polar surface area (TPSA) is 36.1 Å². The van der Waals surface area contributed by atoms with E-state index in [9.17, 15) is 5.11 Å². The Kier molecular flexibility index (Phi) is 2.35. The van der Waals surface area contributed by atoms with E-state index in [2.05, 4.69) is 46.4 Å². The van der Waals surface area contributed by atoms with E-state index in [-0.39, 0.29) is 6.61 Å². The Balaban J connectivity index is 1.78. The maximum atomic E-state index is 9.24. The van der Waals surface area contributed by atoms with Crippen LogP contribution in [0.4, 0.5) is 5.69 Å². The van der Waals surface area contributed by atoms with E-state index in [1.807, 2.05) is 6.07 Å². The number of pyridine rings is 1. The van der Waals surface area contributed by atoms with Crippen LogP contribution in [0.25, 0.3) is 0 Å². The first kappa shape index (κ1) is 11.0. The molecule has 0 fully saturated rings. The number of aromatic nitrogens is 1. The zero-order chi connectivity index (χ0) is 12.8. The van der Waals surface area contributed by atoms with Gasteiger partial charge in [0.05, 0.1) is 6.61 Å². The third-order valence-corrected chi connectivity index (χ3v) is 4.38. The summed E-state index contributed by atoms with van der Waals surface area (Å²) in [5, 5.41) is 12.9. The normalized spacial score (nSPS) is 23.2. The van der Waals surface area contributed by atoms with Crippen LogP contribution >= 0.6 is 0 Å². The number of hydrogen-bond donors (Lipinski definition) is 2. The molecule has 3 heteroatoms. The maximum absolute atomic E-state index is 9.24. The Hall–Kier alpha value is -1.87. The molecule has 0 saturated carbocycles. The summed E-state index contributed by atoms with van der Waals surface area (Å²) in [6.07, 6.45) is 3.23. The van der Waals surface area contributed by atoms with E-state index >= 15 is 0 Å². The molecule has 0 amide bonds. The van der Waals surface area contributed by atoms with Gasteiger partial charge in [-0.3, -0.25) is 0 Å². The van der Waals surface area contributed by atoms with Gasteiger partial charge in [0.25, 0.3) is 0 Å². The average molecular weight is 253 g/mol. The molecule has 0 aliphatic carbocycles. The molecule has 96 valence electrons. The van der Waals surface area contributed by atoms with Gasteiger partial charge in [-0.15, -0.1) is 0 Å². The molecule has 2 aromatic rings. The van der Waals surface area contributed by atoms with Crippen molar-refractivity contribution in [2.24, 2.45) is 0 Å². The standard InChI is InChI=1S/C16H17N2O/c19-10-11-5-6-15-16-13(7-8-18(15)9-11)12-3-1-2-4-14(12)17-16/h1-6,9,13,16-17,19H,7-8,10H2/q+1/t13-,16+/m1/s1. The van der Waals surface area contributed by atoms with Crippen molar-refractivity contribution < 1.29 is 9.67 Å². The number of aryl methyl sites for hydroxylation is 1. The molecule has 3 nitrogen and oxygen atoms in total. The van der Waals surface area contributed by atoms with E-state index in [0.29, 0.717) is 12.0 Å². The lowest BCUT2D eigenvalue weighted by molar-refractivity contribution is -0.711. The van der Waals surface area contributed by atoms with Crippen molar-refractivity contribution in [1.29, 1.82) is 0 Å². The summed E-state index contributed by atoms with van der Waals surface area (Å²) in [6.45, 7) is 1.14. The van der Waals surface area contributed by atoms with Crippen molar-refractivity contribution in [2.45, 2.75) is 31.5 Å². The fourth-order valence-electron chi connectivity index (χ4n) is 3.46. The second-order valence-corrected chi connectivity index (χ2v) is 5.42. The SMILES string of the molecule is OCc1ccc2[n+](c1)CC[C@@H]1c3ccccc3N[C@H]21. The summed E-state index contributed by atoms with van der Waals surface area (Å²) < 4.78 is 2.28. The highest BCUT2D eigenvalue weighted by molar-refractivity contribution is 5.60. The smallest absolute Gasteiger partial charge is 0.204 e. The van der Waals surface area contributed by atoms with Crippen molar-refractivity contribution in [3.05, 3.63) is 59.4 Å². The molecule has 0 spiro atoms. The van der Waals surface area contributed by atoms with E-state index in [1.165, 1.54) is 16.9 Å². The molecule has 2 aliphatic rings. The summed E-state index contributed by atoms with van der Waals surface area (Å²) >= 11 is 0. The number of fused-ring (bicyclic) bond motifs is 5. The van der Waals surface area contributed by atoms with Crippen molar-refractivity contribution in [3.63, 3.8) is 0 Å². The van der Waals surface area contributed by atoms with E-state index < -0.39 is 0 Å². The molecule has 2 atom stereocenters. The van der Waals surface area contributed by atoms with Crippen LogP contribution in [0.5, 0.6) is 0 Å². The molecule has 19 heavy (non-hydrogen) atoms. The summed E-state index contributed by atoms with van der Waals surface area (Å²) in [4.78, 5) is 0. The van der Waals surface area contributed by atoms with E-state index in [4.69, 9.17) is 0 Å². The number of aliphatic hydroxyl groups excluding tert-OH is 1. The van der Waals surface area contributed by atoms with Gasteiger partial charge in [-0.2, -0.15) is 0 Å². The van der Waals surface area contributed by atoms with E-state index in [1.54, 1.807) is 0 Å². The number of para-hydroxylation sites is 1. The summed E-state index contributed by atoms with van der Waals surface area (Å²) in [7, 11) is 0. The lowest BCUT2D eigenvalue weighted by atomic mass is 9.87. The summed E-state index contributed by atoms with van der Waals surface area (Å²) in [5.41, 5.74) is 5.03. The Morgan fingerprint density at radius 3 is 3.00 bits per heavy atom. The van der Waals surface area contributed by atoms with Gasteiger partial charge in [-0.05, 0) is 17.7 Å². The van der Waals surface area contributed by atoms with Gasteiger partial charge in [0.2, 0.25) is 5.69 Å². The largest absolute Gasteiger partial charge is 0.391 e. The van der Waals surface area contributed by atoms with Crippen LogP contribution in [-0.2, 0) is 13.2 Å². The second-order valence-electron chi connectivity index (χ2n) is 5.42.